The molecule has 2 aromatic carbocycles. The SMILES string of the molecule is CCOc1ccccc1C(=O)NC(=S)Nc1ccc(C(=O)NC2CCCCC2)cc1. The molecule has 0 bridgehead atoms. The molecule has 2 amide bonds. The van der Waals surface area contributed by atoms with Crippen molar-refractivity contribution in [1.82, 2.24) is 10.6 Å². The number of hydrogen-bond acceptors (Lipinski definition) is 4. The van der Waals surface area contributed by atoms with E-state index >= 15 is 0 Å². The molecule has 0 aromatic heterocycles. The van der Waals surface area contributed by atoms with Crippen LogP contribution in [0.5, 0.6) is 5.75 Å². The topological polar surface area (TPSA) is 79.5 Å². The Labute approximate surface area is 182 Å². The molecule has 2 aromatic rings. The van der Waals surface area contributed by atoms with Crippen LogP contribution < -0.4 is 20.7 Å². The molecule has 3 N–H and O–H groups in total. The van der Waals surface area contributed by atoms with Gasteiger partial charge in [-0.1, -0.05) is 31.4 Å². The van der Waals surface area contributed by atoms with E-state index in [9.17, 15) is 9.59 Å². The molecule has 6 nitrogen and oxygen atoms in total. The number of hydrogen-bond donors (Lipinski definition) is 3. The van der Waals surface area contributed by atoms with E-state index in [2.05, 4.69) is 16.0 Å². The lowest BCUT2D eigenvalue weighted by Gasteiger charge is -2.22. The zero-order chi connectivity index (χ0) is 21.3. The van der Waals surface area contributed by atoms with Gasteiger partial charge in [-0.2, -0.15) is 0 Å². The van der Waals surface area contributed by atoms with Crippen molar-refractivity contribution in [2.75, 3.05) is 11.9 Å². The lowest BCUT2D eigenvalue weighted by atomic mass is 9.95. The summed E-state index contributed by atoms with van der Waals surface area (Å²) in [6, 6.07) is 14.3. The fraction of sp³-hybridized carbons (Fsp3) is 0.348. The summed E-state index contributed by atoms with van der Waals surface area (Å²) < 4.78 is 5.49. The maximum Gasteiger partial charge on any atom is 0.261 e. The van der Waals surface area contributed by atoms with Gasteiger partial charge < -0.3 is 15.4 Å². The summed E-state index contributed by atoms with van der Waals surface area (Å²) >= 11 is 5.25. The number of anilines is 1. The van der Waals surface area contributed by atoms with Crippen molar-refractivity contribution in [3.05, 3.63) is 59.7 Å². The lowest BCUT2D eigenvalue weighted by Crippen LogP contribution is -2.36. The minimum atomic E-state index is -0.347. The zero-order valence-electron chi connectivity index (χ0n) is 17.1. The number of rotatable bonds is 6. The van der Waals surface area contributed by atoms with Gasteiger partial charge >= 0.3 is 0 Å². The summed E-state index contributed by atoms with van der Waals surface area (Å²) in [4.78, 5) is 24.9. The number of thiocarbonyl (C=S) groups is 1. The van der Waals surface area contributed by atoms with Gasteiger partial charge in [-0.3, -0.25) is 14.9 Å². The molecule has 0 heterocycles. The van der Waals surface area contributed by atoms with Crippen LogP contribution >= 0.6 is 12.2 Å². The molecule has 30 heavy (non-hydrogen) atoms. The molecule has 1 fully saturated rings. The summed E-state index contributed by atoms with van der Waals surface area (Å²) in [6.45, 7) is 2.33. The van der Waals surface area contributed by atoms with Crippen molar-refractivity contribution in [2.24, 2.45) is 0 Å². The standard InChI is InChI=1S/C23H27N3O3S/c1-2-29-20-11-7-6-10-19(20)22(28)26-23(30)25-18-14-12-16(13-15-18)21(27)24-17-8-4-3-5-9-17/h6-7,10-15,17H,2-5,8-9H2,1H3,(H,24,27)(H2,25,26,28,30). The van der Waals surface area contributed by atoms with Crippen LogP contribution in [0, 0.1) is 0 Å². The maximum atomic E-state index is 12.5. The Morgan fingerprint density at radius 1 is 1.00 bits per heavy atom. The monoisotopic (exact) mass is 425 g/mol. The molecule has 3 rings (SSSR count). The average molecular weight is 426 g/mol. The summed E-state index contributed by atoms with van der Waals surface area (Å²) in [5.41, 5.74) is 1.71. The zero-order valence-corrected chi connectivity index (χ0v) is 17.9. The first-order valence-electron chi connectivity index (χ1n) is 10.3. The summed E-state index contributed by atoms with van der Waals surface area (Å²) in [7, 11) is 0. The molecule has 1 aliphatic rings. The van der Waals surface area contributed by atoms with Gasteiger partial charge in [-0.25, -0.2) is 0 Å². The van der Waals surface area contributed by atoms with E-state index < -0.39 is 0 Å². The highest BCUT2D eigenvalue weighted by Gasteiger charge is 2.17. The minimum Gasteiger partial charge on any atom is -0.493 e. The Bertz CT molecular complexity index is 893. The third-order valence-corrected chi connectivity index (χ3v) is 5.21. The molecule has 7 heteroatoms. The number of nitrogens with one attached hydrogen (secondary N) is 3. The van der Waals surface area contributed by atoms with Crippen LogP contribution in [0.25, 0.3) is 0 Å². The quantitative estimate of drug-likeness (QED) is 0.602. The van der Waals surface area contributed by atoms with Crippen LogP contribution in [-0.4, -0.2) is 29.6 Å². The first-order chi connectivity index (χ1) is 14.6. The summed E-state index contributed by atoms with van der Waals surface area (Å²) in [6.07, 6.45) is 5.69. The van der Waals surface area contributed by atoms with Gasteiger partial charge in [0.15, 0.2) is 5.11 Å². The van der Waals surface area contributed by atoms with E-state index in [0.29, 0.717) is 29.2 Å². The number of carbonyl (C=O) groups excluding carboxylic acids is 2. The second-order valence-corrected chi connectivity index (χ2v) is 7.63. The summed E-state index contributed by atoms with van der Waals surface area (Å²) in [5, 5.41) is 8.90. The van der Waals surface area contributed by atoms with E-state index in [1.165, 1.54) is 19.3 Å². The smallest absolute Gasteiger partial charge is 0.261 e. The highest BCUT2D eigenvalue weighted by atomic mass is 32.1. The number of carbonyl (C=O) groups is 2. The third kappa shape index (κ3) is 6.03. The van der Waals surface area contributed by atoms with Crippen LogP contribution in [0.4, 0.5) is 5.69 Å². The Hall–Kier alpha value is -2.93. The molecule has 0 atom stereocenters. The molecular formula is C23H27N3O3S. The van der Waals surface area contributed by atoms with Crippen LogP contribution in [0.1, 0.15) is 59.7 Å². The third-order valence-electron chi connectivity index (χ3n) is 5.00. The van der Waals surface area contributed by atoms with Crippen molar-refractivity contribution in [1.29, 1.82) is 0 Å². The van der Waals surface area contributed by atoms with Crippen LogP contribution in [0.2, 0.25) is 0 Å². The molecular weight excluding hydrogens is 398 g/mol. The molecule has 0 unspecified atom stereocenters. The molecule has 0 saturated heterocycles. The number of para-hydroxylation sites is 1. The molecule has 1 aliphatic carbocycles. The highest BCUT2D eigenvalue weighted by Crippen LogP contribution is 2.19. The second-order valence-electron chi connectivity index (χ2n) is 7.22. The van der Waals surface area contributed by atoms with Crippen LogP contribution in [-0.2, 0) is 0 Å². The van der Waals surface area contributed by atoms with Crippen molar-refractivity contribution in [3.63, 3.8) is 0 Å². The van der Waals surface area contributed by atoms with Crippen molar-refractivity contribution in [2.45, 2.75) is 45.1 Å². The van der Waals surface area contributed by atoms with Gasteiger partial charge in [0.05, 0.1) is 12.2 Å². The average Bonchev–Trinajstić information content (AvgIpc) is 2.75. The normalized spacial score (nSPS) is 13.9. The van der Waals surface area contributed by atoms with E-state index in [1.807, 2.05) is 13.0 Å². The molecule has 0 radical (unpaired) electrons. The van der Waals surface area contributed by atoms with Crippen molar-refractivity contribution in [3.8, 4) is 5.75 Å². The Morgan fingerprint density at radius 2 is 1.70 bits per heavy atom. The summed E-state index contributed by atoms with van der Waals surface area (Å²) in [5.74, 6) is 0.102. The van der Waals surface area contributed by atoms with Gasteiger partial charge in [0.25, 0.3) is 11.8 Å². The first-order valence-corrected chi connectivity index (χ1v) is 10.7. The number of amides is 2. The van der Waals surface area contributed by atoms with E-state index in [1.54, 1.807) is 42.5 Å². The lowest BCUT2D eigenvalue weighted by molar-refractivity contribution is 0.0926. The van der Waals surface area contributed by atoms with Gasteiger partial charge in [0, 0.05) is 17.3 Å². The van der Waals surface area contributed by atoms with E-state index in [0.717, 1.165) is 12.8 Å². The number of ether oxygens (including phenoxy) is 1. The van der Waals surface area contributed by atoms with Gasteiger partial charge in [0.2, 0.25) is 0 Å². The van der Waals surface area contributed by atoms with Crippen LogP contribution in [0.3, 0.4) is 0 Å². The van der Waals surface area contributed by atoms with E-state index in [4.69, 9.17) is 17.0 Å². The minimum absolute atomic E-state index is 0.0585. The predicted octanol–water partition coefficient (Wildman–Crippen LogP) is 4.27. The van der Waals surface area contributed by atoms with Crippen molar-refractivity contribution < 1.29 is 14.3 Å². The first kappa shape index (κ1) is 21.8. The number of benzene rings is 2. The molecule has 1 saturated carbocycles. The van der Waals surface area contributed by atoms with Crippen molar-refractivity contribution >= 4 is 34.8 Å². The van der Waals surface area contributed by atoms with Gasteiger partial charge in [-0.05, 0) is 68.4 Å². The largest absolute Gasteiger partial charge is 0.493 e. The highest BCUT2D eigenvalue weighted by molar-refractivity contribution is 7.80. The van der Waals surface area contributed by atoms with Gasteiger partial charge in [-0.15, -0.1) is 0 Å². The predicted molar refractivity (Wildman–Crippen MR) is 122 cm³/mol. The Kier molecular flexibility index (Phi) is 7.79. The molecule has 0 aliphatic heterocycles. The fourth-order valence-electron chi connectivity index (χ4n) is 3.49. The van der Waals surface area contributed by atoms with Gasteiger partial charge in [0.1, 0.15) is 5.75 Å². The fourth-order valence-corrected chi connectivity index (χ4v) is 3.70. The van der Waals surface area contributed by atoms with E-state index in [-0.39, 0.29) is 23.0 Å². The molecule has 158 valence electrons. The van der Waals surface area contributed by atoms with Crippen LogP contribution in [0.15, 0.2) is 48.5 Å². The Balaban J connectivity index is 1.54. The molecule has 0 spiro atoms. The second kappa shape index (κ2) is 10.7. The maximum absolute atomic E-state index is 12.5. The Morgan fingerprint density at radius 3 is 2.40 bits per heavy atom.